The van der Waals surface area contributed by atoms with Crippen LogP contribution in [-0.4, -0.2) is 43.1 Å². The maximum atomic E-state index is 13.3. The number of likely N-dealkylation sites (tertiary alicyclic amines) is 1. The summed E-state index contributed by atoms with van der Waals surface area (Å²) < 4.78 is 11.4. The molecule has 2 amide bonds. The van der Waals surface area contributed by atoms with Crippen molar-refractivity contribution in [2.24, 2.45) is 11.7 Å². The van der Waals surface area contributed by atoms with Gasteiger partial charge in [0.1, 0.15) is 18.4 Å². The normalized spacial score (nSPS) is 16.0. The van der Waals surface area contributed by atoms with Gasteiger partial charge in [-0.05, 0) is 60.5 Å². The number of carbonyl (C=O) groups excluding carboxylic acids is 2. The molecule has 1 heterocycles. The highest BCUT2D eigenvalue weighted by Gasteiger charge is 2.25. The molecule has 2 atom stereocenters. The van der Waals surface area contributed by atoms with Gasteiger partial charge in [-0.3, -0.25) is 4.79 Å². The number of ether oxygens (including phenoxy) is 2. The highest BCUT2D eigenvalue weighted by Crippen LogP contribution is 2.23. The van der Waals surface area contributed by atoms with Crippen LogP contribution < -0.4 is 21.1 Å². The van der Waals surface area contributed by atoms with Gasteiger partial charge in [-0.2, -0.15) is 0 Å². The van der Waals surface area contributed by atoms with Gasteiger partial charge >= 0.3 is 6.09 Å². The monoisotopic (exact) mass is 516 g/mol. The fourth-order valence-corrected chi connectivity index (χ4v) is 4.48. The Morgan fingerprint density at radius 1 is 1.03 bits per heavy atom. The number of alkyl carbamates (subject to hydrolysis) is 1. The molecule has 0 unspecified atom stereocenters. The Morgan fingerprint density at radius 2 is 1.79 bits per heavy atom. The van der Waals surface area contributed by atoms with Gasteiger partial charge in [0.05, 0.1) is 6.61 Å². The zero-order chi connectivity index (χ0) is 26.7. The van der Waals surface area contributed by atoms with Crippen molar-refractivity contribution in [1.82, 2.24) is 10.2 Å². The number of benzene rings is 3. The van der Waals surface area contributed by atoms with E-state index in [0.717, 1.165) is 42.9 Å². The lowest BCUT2D eigenvalue weighted by atomic mass is 10.1. The molecule has 4 rings (SSSR count). The molecular weight excluding hydrogens is 480 g/mol. The minimum Gasteiger partial charge on any atom is -0.493 e. The van der Waals surface area contributed by atoms with Crippen LogP contribution in [0.4, 0.5) is 10.5 Å². The van der Waals surface area contributed by atoms with Crippen molar-refractivity contribution in [2.75, 3.05) is 31.6 Å². The molecule has 3 aromatic rings. The topological polar surface area (TPSA) is 106 Å². The second-order valence-electron chi connectivity index (χ2n) is 9.46. The zero-order valence-electron chi connectivity index (χ0n) is 21.8. The molecule has 3 aromatic carbocycles. The van der Waals surface area contributed by atoms with E-state index in [-0.39, 0.29) is 6.61 Å². The first kappa shape index (κ1) is 27.2. The number of nitrogens with zero attached hydrogens (tertiary/aromatic N) is 1. The highest BCUT2D eigenvalue weighted by molar-refractivity contribution is 5.97. The van der Waals surface area contributed by atoms with Crippen LogP contribution in [0.15, 0.2) is 78.9 Å². The Morgan fingerprint density at radius 3 is 2.50 bits per heavy atom. The van der Waals surface area contributed by atoms with Gasteiger partial charge in [0, 0.05) is 24.7 Å². The third-order valence-electron chi connectivity index (χ3n) is 6.68. The summed E-state index contributed by atoms with van der Waals surface area (Å²) in [6, 6.07) is 22.9. The summed E-state index contributed by atoms with van der Waals surface area (Å²) in [4.78, 5) is 28.4. The van der Waals surface area contributed by atoms with Crippen molar-refractivity contribution in [1.29, 1.82) is 0 Å². The standard InChI is InChI=1S/C30H36N4O4/c1-2-34-16-15-24(19-34)21-37-27-13-11-25(12-14-27)28(29(35)32-26-10-6-9-23(17-26)18-31)33-30(36)38-20-22-7-4-3-5-8-22/h3-14,17,24,28H,2,15-16,18-21,31H2,1H3,(H,32,35)(H,33,36)/t24-,28-/m1/s1. The van der Waals surface area contributed by atoms with Crippen LogP contribution in [-0.2, 0) is 22.7 Å². The number of rotatable bonds is 11. The smallest absolute Gasteiger partial charge is 0.408 e. The van der Waals surface area contributed by atoms with E-state index in [2.05, 4.69) is 22.5 Å². The van der Waals surface area contributed by atoms with Gasteiger partial charge in [0.15, 0.2) is 0 Å². The summed E-state index contributed by atoms with van der Waals surface area (Å²) in [7, 11) is 0. The summed E-state index contributed by atoms with van der Waals surface area (Å²) in [6.45, 7) is 6.51. The molecule has 0 bridgehead atoms. The molecule has 4 N–H and O–H groups in total. The highest BCUT2D eigenvalue weighted by atomic mass is 16.5. The van der Waals surface area contributed by atoms with Crippen molar-refractivity contribution in [3.63, 3.8) is 0 Å². The quantitative estimate of drug-likeness (QED) is 0.347. The number of nitrogens with one attached hydrogen (secondary N) is 2. The molecule has 1 saturated heterocycles. The van der Waals surface area contributed by atoms with Gasteiger partial charge in [-0.25, -0.2) is 4.79 Å². The molecule has 0 radical (unpaired) electrons. The molecule has 0 aromatic heterocycles. The van der Waals surface area contributed by atoms with Gasteiger partial charge < -0.3 is 30.7 Å². The minimum absolute atomic E-state index is 0.100. The third kappa shape index (κ3) is 7.81. The summed E-state index contributed by atoms with van der Waals surface area (Å²) in [5.41, 5.74) is 8.69. The lowest BCUT2D eigenvalue weighted by molar-refractivity contribution is -0.118. The first-order valence-corrected chi connectivity index (χ1v) is 13.1. The molecule has 8 nitrogen and oxygen atoms in total. The molecule has 38 heavy (non-hydrogen) atoms. The van der Waals surface area contributed by atoms with Gasteiger partial charge in [0.25, 0.3) is 5.91 Å². The Balaban J connectivity index is 1.43. The maximum absolute atomic E-state index is 13.3. The average molecular weight is 517 g/mol. The maximum Gasteiger partial charge on any atom is 0.408 e. The largest absolute Gasteiger partial charge is 0.493 e. The minimum atomic E-state index is -0.971. The molecule has 1 aliphatic rings. The fraction of sp³-hybridized carbons (Fsp3) is 0.333. The zero-order valence-corrected chi connectivity index (χ0v) is 21.8. The van der Waals surface area contributed by atoms with E-state index in [9.17, 15) is 9.59 Å². The van der Waals surface area contributed by atoms with Crippen molar-refractivity contribution in [3.05, 3.63) is 95.6 Å². The van der Waals surface area contributed by atoms with Crippen LogP contribution in [0.1, 0.15) is 36.1 Å². The van der Waals surface area contributed by atoms with Crippen LogP contribution in [0.25, 0.3) is 0 Å². The first-order chi connectivity index (χ1) is 18.5. The molecule has 1 fully saturated rings. The average Bonchev–Trinajstić information content (AvgIpc) is 3.43. The van der Waals surface area contributed by atoms with E-state index in [1.165, 1.54) is 0 Å². The molecule has 0 saturated carbocycles. The van der Waals surface area contributed by atoms with Crippen LogP contribution in [0.3, 0.4) is 0 Å². The van der Waals surface area contributed by atoms with Crippen LogP contribution in [0, 0.1) is 5.92 Å². The lowest BCUT2D eigenvalue weighted by Gasteiger charge is -2.20. The van der Waals surface area contributed by atoms with Crippen molar-refractivity contribution >= 4 is 17.7 Å². The summed E-state index contributed by atoms with van der Waals surface area (Å²) in [5, 5.41) is 5.60. The first-order valence-electron chi connectivity index (χ1n) is 13.1. The van der Waals surface area contributed by atoms with Crippen LogP contribution in [0.2, 0.25) is 0 Å². The predicted octanol–water partition coefficient (Wildman–Crippen LogP) is 4.47. The summed E-state index contributed by atoms with van der Waals surface area (Å²) in [5.74, 6) is 0.846. The van der Waals surface area contributed by atoms with E-state index in [4.69, 9.17) is 15.2 Å². The Bertz CT molecular complexity index is 1190. The number of hydrogen-bond donors (Lipinski definition) is 3. The SMILES string of the molecule is CCN1CC[C@@H](COc2ccc([C@@H](NC(=O)OCc3ccccc3)C(=O)Nc3cccc(CN)c3)cc2)C1. The molecule has 1 aliphatic heterocycles. The lowest BCUT2D eigenvalue weighted by Crippen LogP contribution is -2.37. The number of anilines is 1. The van der Waals surface area contributed by atoms with Crippen LogP contribution in [0.5, 0.6) is 5.75 Å². The van der Waals surface area contributed by atoms with Crippen molar-refractivity contribution in [3.8, 4) is 5.75 Å². The van der Waals surface area contributed by atoms with E-state index < -0.39 is 18.0 Å². The van der Waals surface area contributed by atoms with Gasteiger partial charge in [-0.15, -0.1) is 0 Å². The Hall–Kier alpha value is -3.88. The Kier molecular flexibility index (Phi) is 9.72. The second kappa shape index (κ2) is 13.6. The Labute approximate surface area is 224 Å². The van der Waals surface area contributed by atoms with Crippen molar-refractivity contribution < 1.29 is 19.1 Å². The fourth-order valence-electron chi connectivity index (χ4n) is 4.48. The van der Waals surface area contributed by atoms with Gasteiger partial charge in [-0.1, -0.05) is 61.5 Å². The molecule has 8 heteroatoms. The van der Waals surface area contributed by atoms with Crippen LogP contribution >= 0.6 is 0 Å². The number of carbonyl (C=O) groups is 2. The number of amides is 2. The molecule has 0 aliphatic carbocycles. The van der Waals surface area contributed by atoms with E-state index >= 15 is 0 Å². The van der Waals surface area contributed by atoms with E-state index in [0.29, 0.717) is 30.3 Å². The van der Waals surface area contributed by atoms with Crippen molar-refractivity contribution in [2.45, 2.75) is 32.5 Å². The molecular formula is C30H36N4O4. The third-order valence-corrected chi connectivity index (χ3v) is 6.68. The second-order valence-corrected chi connectivity index (χ2v) is 9.46. The van der Waals surface area contributed by atoms with E-state index in [1.807, 2.05) is 60.7 Å². The summed E-state index contributed by atoms with van der Waals surface area (Å²) >= 11 is 0. The van der Waals surface area contributed by atoms with E-state index in [1.54, 1.807) is 18.2 Å². The molecule has 0 spiro atoms. The summed E-state index contributed by atoms with van der Waals surface area (Å²) in [6.07, 6.45) is 0.445. The van der Waals surface area contributed by atoms with Gasteiger partial charge in [0.2, 0.25) is 0 Å². The number of hydrogen-bond acceptors (Lipinski definition) is 6. The molecule has 200 valence electrons. The number of nitrogens with two attached hydrogens (primary N) is 1. The predicted molar refractivity (Wildman–Crippen MR) is 148 cm³/mol.